The highest BCUT2D eigenvalue weighted by molar-refractivity contribution is 6.10. The lowest BCUT2D eigenvalue weighted by molar-refractivity contribution is 0.0873. The maximum absolute atomic E-state index is 13.5. The molecule has 2 aliphatic rings. The predicted molar refractivity (Wildman–Crippen MR) is 119 cm³/mol. The van der Waals surface area contributed by atoms with E-state index in [4.69, 9.17) is 0 Å². The maximum atomic E-state index is 13.5. The number of para-hydroxylation sites is 1. The van der Waals surface area contributed by atoms with Crippen molar-refractivity contribution >= 4 is 17.4 Å². The summed E-state index contributed by atoms with van der Waals surface area (Å²) in [5.74, 6) is 1.40. The summed E-state index contributed by atoms with van der Waals surface area (Å²) in [7, 11) is 1.90. The van der Waals surface area contributed by atoms with Crippen LogP contribution >= 0.6 is 0 Å². The van der Waals surface area contributed by atoms with Gasteiger partial charge in [-0.3, -0.25) is 4.79 Å². The smallest absolute Gasteiger partial charge is 0.262 e. The quantitative estimate of drug-likeness (QED) is 0.707. The van der Waals surface area contributed by atoms with E-state index in [0.29, 0.717) is 30.3 Å². The van der Waals surface area contributed by atoms with Gasteiger partial charge >= 0.3 is 0 Å². The van der Waals surface area contributed by atoms with E-state index in [1.54, 1.807) is 12.4 Å². The lowest BCUT2D eigenvalue weighted by Crippen LogP contribution is -2.40. The number of carbonyl (C=O) groups excluding carboxylic acids is 1. The normalized spacial score (nSPS) is 19.4. The Morgan fingerprint density at radius 1 is 1.13 bits per heavy atom. The molecule has 5 rings (SSSR count). The minimum absolute atomic E-state index is 0.0141. The van der Waals surface area contributed by atoms with Gasteiger partial charge in [0.15, 0.2) is 0 Å². The van der Waals surface area contributed by atoms with Gasteiger partial charge in [0.05, 0.1) is 5.56 Å². The molecule has 3 aromatic rings. The first-order chi connectivity index (χ1) is 15.1. The molecule has 31 heavy (non-hydrogen) atoms. The van der Waals surface area contributed by atoms with Crippen molar-refractivity contribution in [3.63, 3.8) is 0 Å². The Balaban J connectivity index is 1.40. The minimum Gasteiger partial charge on any atom is -0.385 e. The topological polar surface area (TPSA) is 74.5 Å². The van der Waals surface area contributed by atoms with E-state index >= 15 is 0 Å². The molecule has 1 aromatic carbocycles. The number of hydrogen-bond donors (Lipinski definition) is 1. The number of aryl methyl sites for hydroxylation is 1. The predicted octanol–water partition coefficient (Wildman–Crippen LogP) is 2.97. The number of fused-ring (bicyclic) bond motifs is 1. The zero-order chi connectivity index (χ0) is 21.4. The van der Waals surface area contributed by atoms with Crippen LogP contribution in [0.25, 0.3) is 0 Å². The molecule has 0 aliphatic carbocycles. The Morgan fingerprint density at radius 2 is 2.00 bits per heavy atom. The van der Waals surface area contributed by atoms with E-state index in [1.165, 1.54) is 5.56 Å². The Hall–Kier alpha value is -3.19. The number of piperidine rings is 1. The molecule has 1 N–H and O–H groups in total. The van der Waals surface area contributed by atoms with Gasteiger partial charge in [-0.15, -0.1) is 0 Å². The average Bonchev–Trinajstić information content (AvgIpc) is 3.44. The van der Waals surface area contributed by atoms with Crippen LogP contribution in [0.1, 0.15) is 40.7 Å². The SMILES string of the molecule is Cn1ccnc1C(O)C1CCCN(c2ncccc2C(=O)N2CCc3ccccc32)C1. The molecular weight excluding hydrogens is 390 g/mol. The summed E-state index contributed by atoms with van der Waals surface area (Å²) in [4.78, 5) is 26.5. The lowest BCUT2D eigenvalue weighted by Gasteiger charge is -2.36. The van der Waals surface area contributed by atoms with Crippen molar-refractivity contribution in [2.45, 2.75) is 25.4 Å². The van der Waals surface area contributed by atoms with Gasteiger partial charge in [-0.2, -0.15) is 0 Å². The molecular formula is C24H27N5O2. The summed E-state index contributed by atoms with van der Waals surface area (Å²) in [6, 6.07) is 11.8. The third kappa shape index (κ3) is 3.59. The van der Waals surface area contributed by atoms with Gasteiger partial charge < -0.3 is 19.5 Å². The number of benzene rings is 1. The van der Waals surface area contributed by atoms with E-state index in [1.807, 2.05) is 53.0 Å². The van der Waals surface area contributed by atoms with Crippen LogP contribution in [-0.2, 0) is 13.5 Å². The highest BCUT2D eigenvalue weighted by Crippen LogP contribution is 2.34. The fourth-order valence-electron chi connectivity index (χ4n) is 4.84. The van der Waals surface area contributed by atoms with Crippen molar-refractivity contribution < 1.29 is 9.90 Å². The van der Waals surface area contributed by atoms with Crippen molar-refractivity contribution in [3.05, 3.63) is 71.9 Å². The second-order valence-electron chi connectivity index (χ2n) is 8.40. The number of aromatic nitrogens is 3. The molecule has 1 amide bonds. The Bertz CT molecular complexity index is 1090. The lowest BCUT2D eigenvalue weighted by atomic mass is 9.91. The van der Waals surface area contributed by atoms with Gasteiger partial charge in [0.1, 0.15) is 17.7 Å². The first-order valence-electron chi connectivity index (χ1n) is 10.9. The van der Waals surface area contributed by atoms with Gasteiger partial charge in [-0.1, -0.05) is 18.2 Å². The molecule has 2 aromatic heterocycles. The molecule has 0 bridgehead atoms. The summed E-state index contributed by atoms with van der Waals surface area (Å²) in [6.45, 7) is 2.15. The molecule has 1 fully saturated rings. The molecule has 0 spiro atoms. The molecule has 160 valence electrons. The summed E-state index contributed by atoms with van der Waals surface area (Å²) in [5.41, 5.74) is 2.81. The van der Waals surface area contributed by atoms with Crippen LogP contribution in [0.15, 0.2) is 55.0 Å². The maximum Gasteiger partial charge on any atom is 0.262 e. The Labute approximate surface area is 182 Å². The zero-order valence-corrected chi connectivity index (χ0v) is 17.7. The standard InChI is InChI=1S/C24H27N5O2/c1-27-15-12-26-23(27)21(30)18-7-5-13-28(16-18)22-19(8-4-11-25-22)24(31)29-14-10-17-6-2-3-9-20(17)29/h2-4,6,8-9,11-12,15,18,21,30H,5,7,10,13-14,16H2,1H3. The molecule has 2 unspecified atom stereocenters. The van der Waals surface area contributed by atoms with Crippen LogP contribution in [0, 0.1) is 5.92 Å². The van der Waals surface area contributed by atoms with Crippen LogP contribution in [0.5, 0.6) is 0 Å². The summed E-state index contributed by atoms with van der Waals surface area (Å²) < 4.78 is 1.87. The molecule has 2 atom stereocenters. The zero-order valence-electron chi connectivity index (χ0n) is 17.7. The highest BCUT2D eigenvalue weighted by Gasteiger charge is 2.33. The Morgan fingerprint density at radius 3 is 2.84 bits per heavy atom. The third-order valence-corrected chi connectivity index (χ3v) is 6.48. The Kier molecular flexibility index (Phi) is 5.19. The molecule has 0 saturated carbocycles. The minimum atomic E-state index is -0.642. The largest absolute Gasteiger partial charge is 0.385 e. The molecule has 4 heterocycles. The van der Waals surface area contributed by atoms with E-state index in [0.717, 1.165) is 31.5 Å². The van der Waals surface area contributed by atoms with Gasteiger partial charge in [-0.05, 0) is 43.0 Å². The van der Waals surface area contributed by atoms with E-state index in [9.17, 15) is 9.90 Å². The molecule has 7 nitrogen and oxygen atoms in total. The number of hydrogen-bond acceptors (Lipinski definition) is 5. The number of imidazole rings is 1. The van der Waals surface area contributed by atoms with Gasteiger partial charge in [0, 0.05) is 56.9 Å². The van der Waals surface area contributed by atoms with Crippen LogP contribution in [0.2, 0.25) is 0 Å². The van der Waals surface area contributed by atoms with Gasteiger partial charge in [0.2, 0.25) is 0 Å². The number of aliphatic hydroxyl groups excluding tert-OH is 1. The highest BCUT2D eigenvalue weighted by atomic mass is 16.3. The van der Waals surface area contributed by atoms with Crippen molar-refractivity contribution in [3.8, 4) is 0 Å². The van der Waals surface area contributed by atoms with Crippen LogP contribution in [0.3, 0.4) is 0 Å². The first kappa shape index (κ1) is 19.8. The summed E-state index contributed by atoms with van der Waals surface area (Å²) in [5, 5.41) is 10.9. The fraction of sp³-hybridized carbons (Fsp3) is 0.375. The molecule has 0 radical (unpaired) electrons. The fourth-order valence-corrected chi connectivity index (χ4v) is 4.84. The second-order valence-corrected chi connectivity index (χ2v) is 8.40. The van der Waals surface area contributed by atoms with Crippen molar-refractivity contribution in [1.29, 1.82) is 0 Å². The van der Waals surface area contributed by atoms with E-state index in [2.05, 4.69) is 20.9 Å². The summed E-state index contributed by atoms with van der Waals surface area (Å²) >= 11 is 0. The number of aliphatic hydroxyl groups is 1. The van der Waals surface area contributed by atoms with Gasteiger partial charge in [-0.25, -0.2) is 9.97 Å². The van der Waals surface area contributed by atoms with Crippen LogP contribution in [0.4, 0.5) is 11.5 Å². The number of anilines is 2. The van der Waals surface area contributed by atoms with Crippen molar-refractivity contribution in [1.82, 2.24) is 14.5 Å². The number of pyridine rings is 1. The third-order valence-electron chi connectivity index (χ3n) is 6.48. The summed E-state index contributed by atoms with van der Waals surface area (Å²) in [6.07, 6.45) is 7.38. The number of nitrogens with zero attached hydrogens (tertiary/aromatic N) is 5. The van der Waals surface area contributed by atoms with E-state index < -0.39 is 6.10 Å². The van der Waals surface area contributed by atoms with Crippen molar-refractivity contribution in [2.24, 2.45) is 13.0 Å². The van der Waals surface area contributed by atoms with Crippen LogP contribution in [-0.4, -0.2) is 45.2 Å². The monoisotopic (exact) mass is 417 g/mol. The molecule has 7 heteroatoms. The van der Waals surface area contributed by atoms with Crippen LogP contribution < -0.4 is 9.80 Å². The average molecular weight is 418 g/mol. The molecule has 1 saturated heterocycles. The molecule has 2 aliphatic heterocycles. The van der Waals surface area contributed by atoms with E-state index in [-0.39, 0.29) is 11.8 Å². The van der Waals surface area contributed by atoms with Gasteiger partial charge in [0.25, 0.3) is 5.91 Å². The first-order valence-corrected chi connectivity index (χ1v) is 10.9. The number of rotatable bonds is 4. The van der Waals surface area contributed by atoms with Crippen molar-refractivity contribution in [2.75, 3.05) is 29.4 Å². The second kappa shape index (κ2) is 8.15. The number of amides is 1. The number of carbonyl (C=O) groups is 1.